The average Bonchev–Trinajstić information content (AvgIpc) is 3.06. The van der Waals surface area contributed by atoms with Crippen molar-refractivity contribution in [1.29, 1.82) is 0 Å². The number of Topliss-reactive ketones (excluding diaryl/α,β-unsaturated/α-hetero) is 1. The Hall–Kier alpha value is -1.70. The number of nitrogens with one attached hydrogen (secondary N) is 2. The first kappa shape index (κ1) is 14.3. The quantitative estimate of drug-likeness (QED) is 0.618. The zero-order valence-corrected chi connectivity index (χ0v) is 11.8. The highest BCUT2D eigenvalue weighted by Gasteiger charge is 2.30. The fraction of sp³-hybridized carbons (Fsp3) is 0.429. The van der Waals surface area contributed by atoms with E-state index in [0.717, 1.165) is 5.56 Å². The highest BCUT2D eigenvalue weighted by molar-refractivity contribution is 6.61. The van der Waals surface area contributed by atoms with Crippen molar-refractivity contribution in [2.24, 2.45) is 0 Å². The molecule has 2 aliphatic heterocycles. The largest absolute Gasteiger partial charge is 0.491 e. The molecule has 3 rings (SSSR count). The van der Waals surface area contributed by atoms with E-state index in [1.807, 2.05) is 0 Å². The molecule has 21 heavy (non-hydrogen) atoms. The van der Waals surface area contributed by atoms with Crippen LogP contribution in [0.15, 0.2) is 18.2 Å². The van der Waals surface area contributed by atoms with E-state index in [-0.39, 0.29) is 23.8 Å². The molecule has 0 saturated carbocycles. The predicted octanol–water partition coefficient (Wildman–Crippen LogP) is -1.05. The second-order valence-electron chi connectivity index (χ2n) is 5.55. The lowest BCUT2D eigenvalue weighted by molar-refractivity contribution is -0.118. The van der Waals surface area contributed by atoms with Crippen molar-refractivity contribution in [2.45, 2.75) is 32.0 Å². The summed E-state index contributed by atoms with van der Waals surface area (Å²) in [6.07, 6.45) is 0.609. The van der Waals surface area contributed by atoms with Crippen LogP contribution in [0.3, 0.4) is 0 Å². The van der Waals surface area contributed by atoms with Gasteiger partial charge in [0.05, 0.1) is 12.6 Å². The minimum Gasteiger partial charge on any atom is -0.423 e. The summed E-state index contributed by atoms with van der Waals surface area (Å²) < 4.78 is 5.11. The molecule has 0 spiro atoms. The van der Waals surface area contributed by atoms with Crippen molar-refractivity contribution in [3.63, 3.8) is 0 Å². The highest BCUT2D eigenvalue weighted by Crippen LogP contribution is 2.13. The van der Waals surface area contributed by atoms with Crippen molar-refractivity contribution in [1.82, 2.24) is 10.6 Å². The number of ketones is 1. The van der Waals surface area contributed by atoms with E-state index >= 15 is 0 Å². The van der Waals surface area contributed by atoms with Crippen LogP contribution >= 0.6 is 0 Å². The topological polar surface area (TPSA) is 87.7 Å². The van der Waals surface area contributed by atoms with Crippen molar-refractivity contribution >= 4 is 24.3 Å². The van der Waals surface area contributed by atoms with Crippen molar-refractivity contribution in [3.8, 4) is 0 Å². The van der Waals surface area contributed by atoms with Crippen molar-refractivity contribution in [2.75, 3.05) is 6.54 Å². The summed E-state index contributed by atoms with van der Waals surface area (Å²) >= 11 is 0. The Morgan fingerprint density at radius 1 is 1.48 bits per heavy atom. The van der Waals surface area contributed by atoms with Crippen LogP contribution in [0.2, 0.25) is 0 Å². The minimum atomic E-state index is -0.956. The number of benzene rings is 1. The van der Waals surface area contributed by atoms with Gasteiger partial charge in [0, 0.05) is 18.2 Å². The van der Waals surface area contributed by atoms with Crippen LogP contribution in [-0.4, -0.2) is 42.5 Å². The summed E-state index contributed by atoms with van der Waals surface area (Å²) in [6.45, 7) is 2.50. The second-order valence-corrected chi connectivity index (χ2v) is 5.55. The SMILES string of the molecule is CC(=O)[C@@H]1C[C@@H](NC(=O)c2ccc3c(c2)B(O)OC3)CN1. The fourth-order valence-electron chi connectivity index (χ4n) is 2.78. The van der Waals surface area contributed by atoms with E-state index in [4.69, 9.17) is 4.65 Å². The number of amides is 1. The van der Waals surface area contributed by atoms with Crippen LogP contribution in [0.5, 0.6) is 0 Å². The van der Waals surface area contributed by atoms with Gasteiger partial charge in [-0.1, -0.05) is 6.07 Å². The van der Waals surface area contributed by atoms with E-state index in [1.165, 1.54) is 0 Å². The molecule has 6 nitrogen and oxygen atoms in total. The molecule has 1 saturated heterocycles. The third kappa shape index (κ3) is 2.85. The lowest BCUT2D eigenvalue weighted by Crippen LogP contribution is -2.37. The number of hydrogen-bond donors (Lipinski definition) is 3. The zero-order chi connectivity index (χ0) is 15.0. The maximum Gasteiger partial charge on any atom is 0.491 e. The summed E-state index contributed by atoms with van der Waals surface area (Å²) in [4.78, 5) is 23.5. The zero-order valence-electron chi connectivity index (χ0n) is 11.8. The lowest BCUT2D eigenvalue weighted by atomic mass is 9.79. The molecule has 0 unspecified atom stereocenters. The van der Waals surface area contributed by atoms with E-state index in [2.05, 4.69) is 10.6 Å². The lowest BCUT2D eigenvalue weighted by Gasteiger charge is -2.12. The minimum absolute atomic E-state index is 0.0548. The Morgan fingerprint density at radius 3 is 3.00 bits per heavy atom. The summed E-state index contributed by atoms with van der Waals surface area (Å²) in [7, 11) is -0.956. The molecule has 2 atom stereocenters. The van der Waals surface area contributed by atoms with E-state index in [1.54, 1.807) is 25.1 Å². The molecular formula is C14H17BN2O4. The number of carbonyl (C=O) groups excluding carboxylic acids is 2. The van der Waals surface area contributed by atoms with E-state index in [0.29, 0.717) is 30.6 Å². The van der Waals surface area contributed by atoms with Gasteiger partial charge in [-0.25, -0.2) is 0 Å². The predicted molar refractivity (Wildman–Crippen MR) is 77.2 cm³/mol. The molecule has 2 aliphatic rings. The number of fused-ring (bicyclic) bond motifs is 1. The van der Waals surface area contributed by atoms with Crippen LogP contribution < -0.4 is 16.1 Å². The smallest absolute Gasteiger partial charge is 0.423 e. The second kappa shape index (κ2) is 5.59. The first-order valence-electron chi connectivity index (χ1n) is 7.02. The third-order valence-corrected chi connectivity index (χ3v) is 4.03. The summed E-state index contributed by atoms with van der Waals surface area (Å²) in [5, 5.41) is 15.7. The number of rotatable bonds is 3. The van der Waals surface area contributed by atoms with Crippen LogP contribution in [-0.2, 0) is 16.1 Å². The Balaban J connectivity index is 1.67. The van der Waals surface area contributed by atoms with Gasteiger partial charge in [0.2, 0.25) is 0 Å². The van der Waals surface area contributed by atoms with Crippen molar-refractivity contribution in [3.05, 3.63) is 29.3 Å². The van der Waals surface area contributed by atoms with Gasteiger partial charge in [0.1, 0.15) is 5.78 Å². The van der Waals surface area contributed by atoms with Gasteiger partial charge < -0.3 is 20.3 Å². The molecule has 1 aromatic carbocycles. The van der Waals surface area contributed by atoms with E-state index < -0.39 is 7.12 Å². The summed E-state index contributed by atoms with van der Waals surface area (Å²) in [6, 6.07) is 4.95. The van der Waals surface area contributed by atoms with Gasteiger partial charge in [-0.05, 0) is 36.5 Å². The third-order valence-electron chi connectivity index (χ3n) is 4.03. The number of carbonyl (C=O) groups is 2. The van der Waals surface area contributed by atoms with Gasteiger partial charge in [0.25, 0.3) is 5.91 Å². The standard InChI is InChI=1S/C14H17BN2O4/c1-8(18)13-5-11(6-16-13)17-14(19)9-2-3-10-7-21-15(20)12(10)4-9/h2-4,11,13,16,20H,5-7H2,1H3,(H,17,19)/t11-,13+/m1/s1. The Morgan fingerprint density at radius 2 is 2.29 bits per heavy atom. The molecule has 7 heteroatoms. The first-order valence-corrected chi connectivity index (χ1v) is 7.02. The normalized spacial score (nSPS) is 24.0. The molecule has 0 bridgehead atoms. The molecule has 1 aromatic rings. The van der Waals surface area contributed by atoms with Crippen LogP contribution in [0.4, 0.5) is 0 Å². The van der Waals surface area contributed by atoms with E-state index in [9.17, 15) is 14.6 Å². The monoisotopic (exact) mass is 288 g/mol. The number of hydrogen-bond acceptors (Lipinski definition) is 5. The van der Waals surface area contributed by atoms with Crippen LogP contribution in [0.1, 0.15) is 29.3 Å². The van der Waals surface area contributed by atoms with Gasteiger partial charge in [0.15, 0.2) is 0 Å². The van der Waals surface area contributed by atoms with Crippen LogP contribution in [0, 0.1) is 0 Å². The Kier molecular flexibility index (Phi) is 3.80. The maximum absolute atomic E-state index is 12.2. The molecule has 110 valence electrons. The summed E-state index contributed by atoms with van der Waals surface area (Å²) in [5.41, 5.74) is 2.04. The molecule has 0 aromatic heterocycles. The molecule has 1 amide bonds. The first-order chi connectivity index (χ1) is 10.0. The van der Waals surface area contributed by atoms with Gasteiger partial charge in [-0.15, -0.1) is 0 Å². The molecule has 2 heterocycles. The summed E-state index contributed by atoms with van der Waals surface area (Å²) in [5.74, 6) is -0.113. The van der Waals surface area contributed by atoms with Gasteiger partial charge in [-0.3, -0.25) is 9.59 Å². The van der Waals surface area contributed by atoms with Crippen molar-refractivity contribution < 1.29 is 19.3 Å². The molecule has 3 N–H and O–H groups in total. The molecule has 0 radical (unpaired) electrons. The fourth-order valence-corrected chi connectivity index (χ4v) is 2.78. The maximum atomic E-state index is 12.2. The Bertz CT molecular complexity index is 592. The molecule has 1 fully saturated rings. The highest BCUT2D eigenvalue weighted by atomic mass is 16.5. The van der Waals surface area contributed by atoms with Gasteiger partial charge in [-0.2, -0.15) is 0 Å². The molecule has 0 aliphatic carbocycles. The average molecular weight is 288 g/mol. The molecular weight excluding hydrogens is 271 g/mol. The Labute approximate surface area is 123 Å². The van der Waals surface area contributed by atoms with Crippen LogP contribution in [0.25, 0.3) is 0 Å². The van der Waals surface area contributed by atoms with Gasteiger partial charge >= 0.3 is 7.12 Å².